The van der Waals surface area contributed by atoms with Crippen LogP contribution in [0.2, 0.25) is 0 Å². The molecule has 1 heterocycles. The van der Waals surface area contributed by atoms with Gasteiger partial charge in [-0.3, -0.25) is 9.59 Å². The standard InChI is InChI=1S/C16H14N2O2S/c1-10-5-3-4-6-13(10)18-16(20)12(9-17)15(19)14-8-7-11(2)21-14/h3-8,12H,1-2H3,(H,18,20)/t12-/m0/s1. The molecule has 1 atom stereocenters. The molecule has 21 heavy (non-hydrogen) atoms. The second kappa shape index (κ2) is 6.33. The van der Waals surface area contributed by atoms with Crippen molar-refractivity contribution in [3.05, 3.63) is 51.7 Å². The third kappa shape index (κ3) is 3.36. The molecule has 0 aliphatic rings. The van der Waals surface area contributed by atoms with Gasteiger partial charge in [0.25, 0.3) is 0 Å². The van der Waals surface area contributed by atoms with E-state index in [0.29, 0.717) is 10.6 Å². The molecule has 0 saturated heterocycles. The number of hydrogen-bond acceptors (Lipinski definition) is 4. The molecular formula is C16H14N2O2S. The summed E-state index contributed by atoms with van der Waals surface area (Å²) < 4.78 is 0. The molecular weight excluding hydrogens is 284 g/mol. The molecule has 1 amide bonds. The zero-order valence-corrected chi connectivity index (χ0v) is 12.5. The molecule has 2 rings (SSSR count). The van der Waals surface area contributed by atoms with Crippen molar-refractivity contribution in [3.63, 3.8) is 0 Å². The number of carbonyl (C=O) groups excluding carboxylic acids is 2. The number of aryl methyl sites for hydroxylation is 2. The Morgan fingerprint density at radius 2 is 1.90 bits per heavy atom. The zero-order chi connectivity index (χ0) is 15.4. The molecule has 0 bridgehead atoms. The minimum atomic E-state index is -1.33. The summed E-state index contributed by atoms with van der Waals surface area (Å²) in [5, 5.41) is 11.8. The number of rotatable bonds is 4. The lowest BCUT2D eigenvalue weighted by molar-refractivity contribution is -0.117. The summed E-state index contributed by atoms with van der Waals surface area (Å²) in [6, 6.07) is 12.5. The van der Waals surface area contributed by atoms with Gasteiger partial charge >= 0.3 is 0 Å². The molecule has 1 aromatic carbocycles. The van der Waals surface area contributed by atoms with Gasteiger partial charge in [0, 0.05) is 10.6 Å². The van der Waals surface area contributed by atoms with Crippen molar-refractivity contribution in [1.29, 1.82) is 5.26 Å². The number of thiophene rings is 1. The van der Waals surface area contributed by atoms with Crippen LogP contribution in [0.5, 0.6) is 0 Å². The first-order chi connectivity index (χ1) is 10.0. The van der Waals surface area contributed by atoms with Gasteiger partial charge < -0.3 is 5.32 Å². The van der Waals surface area contributed by atoms with E-state index in [1.165, 1.54) is 11.3 Å². The molecule has 0 fully saturated rings. The second-order valence-electron chi connectivity index (χ2n) is 4.64. The van der Waals surface area contributed by atoms with Gasteiger partial charge in [0.15, 0.2) is 11.7 Å². The molecule has 1 aromatic heterocycles. The molecule has 4 nitrogen and oxygen atoms in total. The fraction of sp³-hybridized carbons (Fsp3) is 0.188. The SMILES string of the molecule is Cc1ccc(C(=O)[C@H](C#N)C(=O)Nc2ccccc2C)s1. The molecule has 5 heteroatoms. The summed E-state index contributed by atoms with van der Waals surface area (Å²) in [6.45, 7) is 3.72. The number of ketones is 1. The van der Waals surface area contributed by atoms with Gasteiger partial charge in [0.05, 0.1) is 10.9 Å². The second-order valence-corrected chi connectivity index (χ2v) is 5.93. The van der Waals surface area contributed by atoms with Crippen molar-refractivity contribution in [3.8, 4) is 6.07 Å². The topological polar surface area (TPSA) is 70.0 Å². The van der Waals surface area contributed by atoms with Crippen molar-refractivity contribution in [2.24, 2.45) is 5.92 Å². The maximum atomic E-state index is 12.2. The number of para-hydroxylation sites is 1. The molecule has 0 saturated carbocycles. The van der Waals surface area contributed by atoms with Crippen molar-refractivity contribution in [2.75, 3.05) is 5.32 Å². The first kappa shape index (κ1) is 14.9. The van der Waals surface area contributed by atoms with E-state index in [-0.39, 0.29) is 0 Å². The highest BCUT2D eigenvalue weighted by atomic mass is 32.1. The van der Waals surface area contributed by atoms with Crippen LogP contribution in [0, 0.1) is 31.1 Å². The van der Waals surface area contributed by atoms with Crippen LogP contribution in [0.4, 0.5) is 5.69 Å². The fourth-order valence-corrected chi connectivity index (χ4v) is 2.70. The monoisotopic (exact) mass is 298 g/mol. The van der Waals surface area contributed by atoms with Crippen LogP contribution in [0.1, 0.15) is 20.1 Å². The molecule has 0 aliphatic carbocycles. The van der Waals surface area contributed by atoms with Crippen LogP contribution in [0.3, 0.4) is 0 Å². The highest BCUT2D eigenvalue weighted by molar-refractivity contribution is 7.14. The van der Waals surface area contributed by atoms with Crippen molar-refractivity contribution in [1.82, 2.24) is 0 Å². The number of anilines is 1. The Labute approximate surface area is 127 Å². The van der Waals surface area contributed by atoms with Crippen LogP contribution in [-0.4, -0.2) is 11.7 Å². The number of hydrogen-bond donors (Lipinski definition) is 1. The van der Waals surface area contributed by atoms with Crippen LogP contribution in [0.25, 0.3) is 0 Å². The molecule has 0 spiro atoms. The minimum Gasteiger partial charge on any atom is -0.324 e. The van der Waals surface area contributed by atoms with Crippen molar-refractivity contribution in [2.45, 2.75) is 13.8 Å². The first-order valence-electron chi connectivity index (χ1n) is 6.39. The Morgan fingerprint density at radius 3 is 2.48 bits per heavy atom. The van der Waals surface area contributed by atoms with Crippen molar-refractivity contribution < 1.29 is 9.59 Å². The van der Waals surface area contributed by atoms with E-state index >= 15 is 0 Å². The summed E-state index contributed by atoms with van der Waals surface area (Å²) >= 11 is 1.29. The van der Waals surface area contributed by atoms with Gasteiger partial charge in [0.2, 0.25) is 5.91 Å². The molecule has 0 unspecified atom stereocenters. The van der Waals surface area contributed by atoms with E-state index in [2.05, 4.69) is 5.32 Å². The summed E-state index contributed by atoms with van der Waals surface area (Å²) in [5.41, 5.74) is 1.49. The van der Waals surface area contributed by atoms with Crippen LogP contribution >= 0.6 is 11.3 Å². The number of nitrogens with zero attached hydrogens (tertiary/aromatic N) is 1. The van der Waals surface area contributed by atoms with Crippen LogP contribution in [-0.2, 0) is 4.79 Å². The van der Waals surface area contributed by atoms with Crippen LogP contribution in [0.15, 0.2) is 36.4 Å². The first-order valence-corrected chi connectivity index (χ1v) is 7.21. The van der Waals surface area contributed by atoms with E-state index in [4.69, 9.17) is 5.26 Å². The maximum Gasteiger partial charge on any atom is 0.249 e. The number of amides is 1. The Morgan fingerprint density at radius 1 is 1.19 bits per heavy atom. The van der Waals surface area contributed by atoms with Gasteiger partial charge in [-0.15, -0.1) is 11.3 Å². The Balaban J connectivity index is 2.18. The lowest BCUT2D eigenvalue weighted by Crippen LogP contribution is -2.28. The van der Waals surface area contributed by atoms with Gasteiger partial charge in [-0.25, -0.2) is 0 Å². The number of carbonyl (C=O) groups is 2. The quantitative estimate of drug-likeness (QED) is 0.695. The van der Waals surface area contributed by atoms with E-state index in [1.54, 1.807) is 30.3 Å². The summed E-state index contributed by atoms with van der Waals surface area (Å²) in [5.74, 6) is -2.38. The Bertz CT molecular complexity index is 728. The predicted molar refractivity (Wildman–Crippen MR) is 82.3 cm³/mol. The lowest BCUT2D eigenvalue weighted by atomic mass is 10.0. The molecule has 0 radical (unpaired) electrons. The number of nitriles is 1. The number of benzene rings is 1. The van der Waals surface area contributed by atoms with Gasteiger partial charge in [-0.1, -0.05) is 18.2 Å². The summed E-state index contributed by atoms with van der Waals surface area (Å²) in [6.07, 6.45) is 0. The van der Waals surface area contributed by atoms with Crippen LogP contribution < -0.4 is 5.32 Å². The van der Waals surface area contributed by atoms with E-state index in [1.807, 2.05) is 26.0 Å². The Kier molecular flexibility index (Phi) is 4.51. The molecule has 2 aromatic rings. The average molecular weight is 298 g/mol. The number of Topliss-reactive ketones (excluding diaryl/α,β-unsaturated/α-hetero) is 1. The maximum absolute atomic E-state index is 12.2. The molecule has 106 valence electrons. The normalized spacial score (nSPS) is 11.5. The van der Waals surface area contributed by atoms with E-state index < -0.39 is 17.6 Å². The summed E-state index contributed by atoms with van der Waals surface area (Å²) in [4.78, 5) is 25.8. The van der Waals surface area contributed by atoms with Gasteiger partial charge in [-0.2, -0.15) is 5.26 Å². The smallest absolute Gasteiger partial charge is 0.249 e. The average Bonchev–Trinajstić information content (AvgIpc) is 2.89. The van der Waals surface area contributed by atoms with Crippen molar-refractivity contribution >= 4 is 28.7 Å². The Hall–Kier alpha value is -2.45. The highest BCUT2D eigenvalue weighted by Gasteiger charge is 2.28. The molecule has 1 N–H and O–H groups in total. The van der Waals surface area contributed by atoms with Gasteiger partial charge in [0.1, 0.15) is 0 Å². The highest BCUT2D eigenvalue weighted by Crippen LogP contribution is 2.21. The summed E-state index contributed by atoms with van der Waals surface area (Å²) in [7, 11) is 0. The third-order valence-electron chi connectivity index (χ3n) is 3.04. The third-order valence-corrected chi connectivity index (χ3v) is 4.05. The molecule has 0 aliphatic heterocycles. The van der Waals surface area contributed by atoms with Gasteiger partial charge in [-0.05, 0) is 37.6 Å². The predicted octanol–water partition coefficient (Wildman–Crippen LogP) is 3.33. The fourth-order valence-electron chi connectivity index (χ4n) is 1.86. The van der Waals surface area contributed by atoms with E-state index in [0.717, 1.165) is 10.4 Å². The minimum absolute atomic E-state index is 0.430. The largest absolute Gasteiger partial charge is 0.324 e. The lowest BCUT2D eigenvalue weighted by Gasteiger charge is -2.10. The van der Waals surface area contributed by atoms with E-state index in [9.17, 15) is 9.59 Å². The zero-order valence-electron chi connectivity index (χ0n) is 11.7. The number of nitrogens with one attached hydrogen (secondary N) is 1.